The summed E-state index contributed by atoms with van der Waals surface area (Å²) in [6, 6.07) is 18.5. The number of H-pyrrole nitrogens is 1. The van der Waals surface area contributed by atoms with Crippen LogP contribution in [0, 0.1) is 17.1 Å². The largest absolute Gasteiger partial charge is 0.338 e. The molecule has 0 atom stereocenters. The van der Waals surface area contributed by atoms with Crippen LogP contribution in [0.25, 0.3) is 22.4 Å². The molecule has 8 nitrogen and oxygen atoms in total. The van der Waals surface area contributed by atoms with E-state index >= 15 is 0 Å². The Morgan fingerprint density at radius 3 is 2.48 bits per heavy atom. The molecule has 33 heavy (non-hydrogen) atoms. The van der Waals surface area contributed by atoms with Gasteiger partial charge < -0.3 is 10.3 Å². The van der Waals surface area contributed by atoms with Crippen LogP contribution in [-0.4, -0.2) is 30.8 Å². The average molecular weight is 463 g/mol. The van der Waals surface area contributed by atoms with E-state index in [-0.39, 0.29) is 29.2 Å². The van der Waals surface area contributed by atoms with E-state index in [1.807, 2.05) is 6.07 Å². The molecule has 1 heterocycles. The van der Waals surface area contributed by atoms with Crippen molar-refractivity contribution < 1.29 is 17.6 Å². The number of hydrogen-bond donors (Lipinski definition) is 3. The van der Waals surface area contributed by atoms with Crippen LogP contribution in [0.4, 0.5) is 10.1 Å². The van der Waals surface area contributed by atoms with Crippen molar-refractivity contribution >= 4 is 32.7 Å². The van der Waals surface area contributed by atoms with Crippen LogP contribution in [0.5, 0.6) is 0 Å². The number of fused-ring (bicyclic) bond motifs is 1. The molecular weight excluding hydrogens is 445 g/mol. The van der Waals surface area contributed by atoms with Crippen molar-refractivity contribution in [2.45, 2.75) is 11.3 Å². The molecule has 0 aliphatic carbocycles. The molecule has 0 aliphatic rings. The molecule has 4 aromatic rings. The van der Waals surface area contributed by atoms with Gasteiger partial charge in [-0.2, -0.15) is 5.26 Å². The van der Waals surface area contributed by atoms with Crippen molar-refractivity contribution in [3.63, 3.8) is 0 Å². The van der Waals surface area contributed by atoms with Crippen LogP contribution in [0.2, 0.25) is 0 Å². The zero-order chi connectivity index (χ0) is 23.4. The Hall–Kier alpha value is -4.07. The second-order valence-electron chi connectivity index (χ2n) is 7.11. The summed E-state index contributed by atoms with van der Waals surface area (Å²) < 4.78 is 39.8. The monoisotopic (exact) mass is 463 g/mol. The minimum absolute atomic E-state index is 0.00388. The lowest BCUT2D eigenvalue weighted by atomic mass is 10.2. The van der Waals surface area contributed by atoms with Gasteiger partial charge in [0.15, 0.2) is 0 Å². The number of carbonyl (C=O) groups excluding carboxylic acids is 1. The fourth-order valence-electron chi connectivity index (χ4n) is 3.15. The van der Waals surface area contributed by atoms with Crippen LogP contribution in [0.15, 0.2) is 71.6 Å². The van der Waals surface area contributed by atoms with Crippen LogP contribution >= 0.6 is 0 Å². The highest BCUT2D eigenvalue weighted by Crippen LogP contribution is 2.23. The summed E-state index contributed by atoms with van der Waals surface area (Å²) >= 11 is 0. The number of nitrogens with one attached hydrogen (secondary N) is 3. The molecule has 4 rings (SSSR count). The summed E-state index contributed by atoms with van der Waals surface area (Å²) in [6.07, 6.45) is 0.0613. The summed E-state index contributed by atoms with van der Waals surface area (Å²) in [5.41, 5.74) is 2.91. The first-order valence-corrected chi connectivity index (χ1v) is 11.4. The molecule has 3 N–H and O–H groups in total. The number of nitrogens with zero attached hydrogens (tertiary/aromatic N) is 2. The molecule has 10 heteroatoms. The van der Waals surface area contributed by atoms with Crippen molar-refractivity contribution in [2.75, 3.05) is 11.9 Å². The molecule has 0 saturated carbocycles. The fourth-order valence-corrected chi connectivity index (χ4v) is 4.18. The normalized spacial score (nSPS) is 11.3. The minimum Gasteiger partial charge on any atom is -0.338 e. The average Bonchev–Trinajstić information content (AvgIpc) is 3.23. The first-order valence-electron chi connectivity index (χ1n) is 9.89. The Kier molecular flexibility index (Phi) is 6.17. The Morgan fingerprint density at radius 1 is 1.06 bits per heavy atom. The van der Waals surface area contributed by atoms with Gasteiger partial charge in [-0.1, -0.05) is 0 Å². The van der Waals surface area contributed by atoms with Crippen molar-refractivity contribution in [3.8, 4) is 17.5 Å². The SMILES string of the molecule is N#CCCNS(=O)(=O)c1ccc(C(=O)Nc2ccc3nc(-c4ccc(F)cc4)[nH]c3c2)cc1. The van der Waals surface area contributed by atoms with E-state index in [9.17, 15) is 17.6 Å². The number of amides is 1. The quantitative estimate of drug-likeness (QED) is 0.359. The van der Waals surface area contributed by atoms with Gasteiger partial charge in [0.05, 0.1) is 22.0 Å². The van der Waals surface area contributed by atoms with E-state index in [0.29, 0.717) is 22.5 Å². The standard InChI is InChI=1S/C23H18FN5O3S/c24-17-6-2-15(3-7-17)22-28-20-11-8-18(14-21(20)29-22)27-23(30)16-4-9-19(10-5-16)33(31,32)26-13-1-12-25/h2-11,14,26H,1,13H2,(H,27,30)(H,28,29). The molecule has 1 aromatic heterocycles. The number of nitriles is 1. The number of hydrogen-bond acceptors (Lipinski definition) is 5. The number of anilines is 1. The van der Waals surface area contributed by atoms with E-state index in [4.69, 9.17) is 5.26 Å². The predicted molar refractivity (Wildman–Crippen MR) is 121 cm³/mol. The van der Waals surface area contributed by atoms with Crippen molar-refractivity contribution in [3.05, 3.63) is 78.1 Å². The van der Waals surface area contributed by atoms with E-state index in [2.05, 4.69) is 20.0 Å². The lowest BCUT2D eigenvalue weighted by molar-refractivity contribution is 0.102. The van der Waals surface area contributed by atoms with Crippen LogP contribution < -0.4 is 10.0 Å². The second kappa shape index (κ2) is 9.20. The van der Waals surface area contributed by atoms with E-state index in [1.54, 1.807) is 30.3 Å². The molecule has 0 aliphatic heterocycles. The van der Waals surface area contributed by atoms with Crippen LogP contribution in [0.1, 0.15) is 16.8 Å². The van der Waals surface area contributed by atoms with Gasteiger partial charge in [0.25, 0.3) is 5.91 Å². The van der Waals surface area contributed by atoms with Gasteiger partial charge in [0, 0.05) is 29.8 Å². The highest BCUT2D eigenvalue weighted by Gasteiger charge is 2.15. The van der Waals surface area contributed by atoms with Gasteiger partial charge in [-0.25, -0.2) is 22.5 Å². The molecular formula is C23H18FN5O3S. The van der Waals surface area contributed by atoms with Gasteiger partial charge >= 0.3 is 0 Å². The molecule has 0 fully saturated rings. The van der Waals surface area contributed by atoms with Gasteiger partial charge in [0.1, 0.15) is 11.6 Å². The summed E-state index contributed by atoms with van der Waals surface area (Å²) in [7, 11) is -3.75. The molecule has 1 amide bonds. The summed E-state index contributed by atoms with van der Waals surface area (Å²) in [5, 5.41) is 11.3. The summed E-state index contributed by atoms with van der Waals surface area (Å²) in [5.74, 6) is -0.164. The Labute approximate surface area is 189 Å². The lowest BCUT2D eigenvalue weighted by Gasteiger charge is -2.08. The number of aromatic amines is 1. The molecule has 0 saturated heterocycles. The van der Waals surface area contributed by atoms with Crippen molar-refractivity contribution in [1.82, 2.24) is 14.7 Å². The van der Waals surface area contributed by atoms with Crippen molar-refractivity contribution in [1.29, 1.82) is 5.26 Å². The number of benzene rings is 3. The van der Waals surface area contributed by atoms with E-state index in [0.717, 1.165) is 5.56 Å². The Bertz CT molecular complexity index is 1460. The summed E-state index contributed by atoms with van der Waals surface area (Å²) in [4.78, 5) is 20.2. The zero-order valence-electron chi connectivity index (χ0n) is 17.2. The van der Waals surface area contributed by atoms with Gasteiger partial charge in [-0.3, -0.25) is 4.79 Å². The molecule has 0 radical (unpaired) electrons. The maximum atomic E-state index is 13.2. The highest BCUT2D eigenvalue weighted by atomic mass is 32.2. The topological polar surface area (TPSA) is 128 Å². The number of halogens is 1. The number of sulfonamides is 1. The first kappa shape index (κ1) is 22.1. The molecule has 166 valence electrons. The zero-order valence-corrected chi connectivity index (χ0v) is 18.0. The fraction of sp³-hybridized carbons (Fsp3) is 0.0870. The molecule has 0 bridgehead atoms. The third-order valence-corrected chi connectivity index (χ3v) is 6.29. The first-order chi connectivity index (χ1) is 15.9. The minimum atomic E-state index is -3.75. The number of aromatic nitrogens is 2. The van der Waals surface area contributed by atoms with E-state index in [1.165, 1.54) is 36.4 Å². The lowest BCUT2D eigenvalue weighted by Crippen LogP contribution is -2.24. The number of carbonyl (C=O) groups is 1. The number of imidazole rings is 1. The number of rotatable bonds is 7. The molecule has 0 spiro atoms. The van der Waals surface area contributed by atoms with Gasteiger partial charge in [-0.05, 0) is 66.7 Å². The maximum absolute atomic E-state index is 13.2. The Morgan fingerprint density at radius 2 is 1.79 bits per heavy atom. The van der Waals surface area contributed by atoms with Crippen molar-refractivity contribution in [2.24, 2.45) is 0 Å². The highest BCUT2D eigenvalue weighted by molar-refractivity contribution is 7.89. The molecule has 3 aromatic carbocycles. The maximum Gasteiger partial charge on any atom is 0.255 e. The third kappa shape index (κ3) is 5.06. The third-order valence-electron chi connectivity index (χ3n) is 4.81. The second-order valence-corrected chi connectivity index (χ2v) is 8.88. The summed E-state index contributed by atoms with van der Waals surface area (Å²) in [6.45, 7) is 0.0139. The Balaban J connectivity index is 1.48. The van der Waals surface area contributed by atoms with E-state index < -0.39 is 15.9 Å². The van der Waals surface area contributed by atoms with Crippen LogP contribution in [0.3, 0.4) is 0 Å². The van der Waals surface area contributed by atoms with Gasteiger partial charge in [0.2, 0.25) is 10.0 Å². The predicted octanol–water partition coefficient (Wildman–Crippen LogP) is 3.81. The smallest absolute Gasteiger partial charge is 0.255 e. The van der Waals surface area contributed by atoms with Crippen LogP contribution in [-0.2, 0) is 10.0 Å². The van der Waals surface area contributed by atoms with Gasteiger partial charge in [-0.15, -0.1) is 0 Å². The molecule has 0 unspecified atom stereocenters.